The lowest BCUT2D eigenvalue weighted by Crippen LogP contribution is -2.50. The first-order valence-electron chi connectivity index (χ1n) is 13.0. The lowest BCUT2D eigenvalue weighted by atomic mass is 10.1. The van der Waals surface area contributed by atoms with E-state index in [1.807, 2.05) is 0 Å². The summed E-state index contributed by atoms with van der Waals surface area (Å²) in [7, 11) is 2.49. The second kappa shape index (κ2) is 15.5. The van der Waals surface area contributed by atoms with Gasteiger partial charge in [-0.25, -0.2) is 14.4 Å². The van der Waals surface area contributed by atoms with Crippen LogP contribution in [-0.4, -0.2) is 72.3 Å². The highest BCUT2D eigenvalue weighted by Gasteiger charge is 2.41. The Balaban J connectivity index is 1.93. The Morgan fingerprint density at radius 2 is 1.24 bits per heavy atom. The summed E-state index contributed by atoms with van der Waals surface area (Å²) in [6.45, 7) is 2.13. The summed E-state index contributed by atoms with van der Waals surface area (Å²) in [6.07, 6.45) is -3.08. The molecule has 0 radical (unpaired) electrons. The minimum absolute atomic E-state index is 0.0151. The van der Waals surface area contributed by atoms with Gasteiger partial charge in [0, 0.05) is 20.0 Å². The van der Waals surface area contributed by atoms with E-state index in [1.54, 1.807) is 18.2 Å². The van der Waals surface area contributed by atoms with E-state index in [0.717, 1.165) is 26.0 Å². The number of benzene rings is 2. The molecule has 0 saturated heterocycles. The molecule has 0 fully saturated rings. The predicted octanol–water partition coefficient (Wildman–Crippen LogP) is 2.10. The number of aromatic nitrogens is 1. The maximum absolute atomic E-state index is 13.3. The summed E-state index contributed by atoms with van der Waals surface area (Å²) in [5.41, 5.74) is -0.0594. The molecule has 3 rings (SSSR count). The number of nitrogens with zero attached hydrogens (tertiary/aromatic N) is 1. The fourth-order valence-electron chi connectivity index (χ4n) is 3.71. The zero-order valence-electron chi connectivity index (χ0n) is 24.4. The Labute approximate surface area is 256 Å². The first-order chi connectivity index (χ1) is 21.4. The molecule has 1 aromatic heterocycles. The van der Waals surface area contributed by atoms with Crippen molar-refractivity contribution in [2.75, 3.05) is 14.2 Å². The van der Waals surface area contributed by atoms with Crippen LogP contribution in [0.25, 0.3) is 0 Å². The molecule has 2 atom stereocenters. The average Bonchev–Trinajstić information content (AvgIpc) is 3.01. The van der Waals surface area contributed by atoms with Crippen molar-refractivity contribution in [3.05, 3.63) is 77.6 Å². The highest BCUT2D eigenvalue weighted by molar-refractivity contribution is 5.97. The molecule has 15 nitrogen and oxygen atoms in total. The van der Waals surface area contributed by atoms with Crippen molar-refractivity contribution in [1.29, 1.82) is 0 Å². The van der Waals surface area contributed by atoms with Crippen LogP contribution < -0.4 is 24.3 Å². The summed E-state index contributed by atoms with van der Waals surface area (Å²) in [5, 5.41) is 12.4. The number of rotatable bonds is 13. The number of methoxy groups -OCH3 is 2. The van der Waals surface area contributed by atoms with E-state index >= 15 is 0 Å². The minimum Gasteiger partial charge on any atom is -0.493 e. The summed E-state index contributed by atoms with van der Waals surface area (Å²) < 4.78 is 30.7. The quantitative estimate of drug-likeness (QED) is 0.207. The van der Waals surface area contributed by atoms with Crippen molar-refractivity contribution in [3.63, 3.8) is 0 Å². The van der Waals surface area contributed by atoms with Gasteiger partial charge in [0.05, 0.1) is 37.6 Å². The fraction of sp³-hybridized carbons (Fsp3) is 0.233. The van der Waals surface area contributed by atoms with Crippen LogP contribution in [0.4, 0.5) is 0 Å². The van der Waals surface area contributed by atoms with Gasteiger partial charge < -0.3 is 38.8 Å². The molecule has 2 aromatic carbocycles. The number of hydrogen-bond acceptors (Lipinski definition) is 13. The van der Waals surface area contributed by atoms with Crippen molar-refractivity contribution in [2.45, 2.75) is 32.6 Å². The Hall–Kier alpha value is -5.99. The molecule has 0 unspecified atom stereocenters. The summed E-state index contributed by atoms with van der Waals surface area (Å²) >= 11 is 0. The van der Waals surface area contributed by atoms with Gasteiger partial charge in [0.1, 0.15) is 0 Å². The van der Waals surface area contributed by atoms with Crippen molar-refractivity contribution < 1.29 is 62.3 Å². The van der Waals surface area contributed by atoms with Crippen molar-refractivity contribution in [2.24, 2.45) is 0 Å². The predicted molar refractivity (Wildman–Crippen MR) is 151 cm³/mol. The number of carboxylic acids is 1. The highest BCUT2D eigenvalue weighted by atomic mass is 16.6. The van der Waals surface area contributed by atoms with Crippen molar-refractivity contribution in [1.82, 2.24) is 10.3 Å². The molecule has 2 N–H and O–H groups in total. The van der Waals surface area contributed by atoms with Gasteiger partial charge in [-0.15, -0.1) is 0 Å². The van der Waals surface area contributed by atoms with Gasteiger partial charge in [-0.2, -0.15) is 0 Å². The van der Waals surface area contributed by atoms with Crippen LogP contribution in [0.5, 0.6) is 23.0 Å². The third-order valence-corrected chi connectivity index (χ3v) is 5.72. The Bertz CT molecular complexity index is 1590. The average molecular weight is 625 g/mol. The SMILES string of the molecule is COc1cc(C(=O)O[C@H](C(=O)O)[C@@H](OC(=O)c2ccc(OC(C)=O)c(OC)c2)C(=O)NCc2ccccn2)ccc1OC(C)=O. The monoisotopic (exact) mass is 624 g/mol. The van der Waals surface area contributed by atoms with E-state index in [9.17, 15) is 33.9 Å². The first-order valence-corrected chi connectivity index (χ1v) is 13.0. The largest absolute Gasteiger partial charge is 0.493 e. The zero-order chi connectivity index (χ0) is 33.1. The smallest absolute Gasteiger partial charge is 0.349 e. The van der Waals surface area contributed by atoms with Crippen molar-refractivity contribution >= 4 is 35.8 Å². The Morgan fingerprint density at radius 1 is 0.733 bits per heavy atom. The molecule has 3 aromatic rings. The number of amides is 1. The number of aliphatic carboxylic acids is 1. The van der Waals surface area contributed by atoms with Crippen LogP contribution >= 0.6 is 0 Å². The maximum atomic E-state index is 13.3. The number of carboxylic acid groups (broad SMARTS) is 1. The van der Waals surface area contributed by atoms with Gasteiger partial charge in [0.15, 0.2) is 23.0 Å². The van der Waals surface area contributed by atoms with E-state index in [0.29, 0.717) is 5.69 Å². The standard InChI is InChI=1S/C30H28N2O13/c1-16(33)42-21-10-8-18(13-23(21)40-3)29(38)44-25(27(35)32-15-20-7-5-6-12-31-20)26(28(36)37)45-30(39)19-9-11-22(43-17(2)34)24(14-19)41-4/h5-14,25-26H,15H2,1-4H3,(H,32,35)(H,36,37)/t25-,26+/m1/s1. The van der Waals surface area contributed by atoms with Crippen LogP contribution in [0, 0.1) is 0 Å². The number of carbonyl (C=O) groups is 6. The number of carbonyl (C=O) groups excluding carboxylic acids is 5. The fourth-order valence-corrected chi connectivity index (χ4v) is 3.71. The Morgan fingerprint density at radius 3 is 1.67 bits per heavy atom. The molecular weight excluding hydrogens is 596 g/mol. The molecule has 0 saturated carbocycles. The van der Waals surface area contributed by atoms with Crippen molar-refractivity contribution in [3.8, 4) is 23.0 Å². The summed E-state index contributed by atoms with van der Waals surface area (Å²) in [5.74, 6) is -6.81. The molecule has 15 heteroatoms. The number of pyridine rings is 1. The molecule has 1 heterocycles. The first kappa shape index (κ1) is 33.5. The number of esters is 4. The van der Waals surface area contributed by atoms with Crippen LogP contribution in [0.2, 0.25) is 0 Å². The molecule has 0 spiro atoms. The van der Waals surface area contributed by atoms with E-state index in [4.69, 9.17) is 28.4 Å². The molecular formula is C30H28N2O13. The van der Waals surface area contributed by atoms with Gasteiger partial charge in [0.25, 0.3) is 5.91 Å². The van der Waals surface area contributed by atoms with Crippen LogP contribution in [0.3, 0.4) is 0 Å². The van der Waals surface area contributed by atoms with Gasteiger partial charge in [0.2, 0.25) is 12.2 Å². The van der Waals surface area contributed by atoms with Gasteiger partial charge in [-0.05, 0) is 48.5 Å². The molecule has 236 valence electrons. The zero-order valence-corrected chi connectivity index (χ0v) is 24.4. The maximum Gasteiger partial charge on any atom is 0.349 e. The van der Waals surface area contributed by atoms with E-state index in [2.05, 4.69) is 10.3 Å². The Kier molecular flexibility index (Phi) is 11.5. The molecule has 45 heavy (non-hydrogen) atoms. The van der Waals surface area contributed by atoms with Crippen LogP contribution in [0.15, 0.2) is 60.8 Å². The van der Waals surface area contributed by atoms with Gasteiger partial charge in [-0.1, -0.05) is 6.07 Å². The number of nitrogens with one attached hydrogen (secondary N) is 1. The third-order valence-electron chi connectivity index (χ3n) is 5.72. The van der Waals surface area contributed by atoms with Gasteiger partial charge >= 0.3 is 29.8 Å². The second-order valence-electron chi connectivity index (χ2n) is 8.95. The normalized spacial score (nSPS) is 11.6. The molecule has 0 bridgehead atoms. The van der Waals surface area contributed by atoms with E-state index in [1.165, 1.54) is 44.7 Å². The van der Waals surface area contributed by atoms with Crippen LogP contribution in [0.1, 0.15) is 40.3 Å². The molecule has 1 amide bonds. The van der Waals surface area contributed by atoms with Crippen LogP contribution in [-0.2, 0) is 35.2 Å². The highest BCUT2D eigenvalue weighted by Crippen LogP contribution is 2.30. The number of hydrogen-bond donors (Lipinski definition) is 2. The summed E-state index contributed by atoms with van der Waals surface area (Å²) in [6, 6.07) is 11.9. The molecule has 0 aliphatic heterocycles. The van der Waals surface area contributed by atoms with Gasteiger partial charge in [-0.3, -0.25) is 19.4 Å². The van der Waals surface area contributed by atoms with E-state index < -0.39 is 48.0 Å². The molecule has 0 aliphatic rings. The summed E-state index contributed by atoms with van der Waals surface area (Å²) in [4.78, 5) is 78.6. The lowest BCUT2D eigenvalue weighted by Gasteiger charge is -2.24. The third kappa shape index (κ3) is 9.25. The topological polar surface area (TPSA) is 203 Å². The lowest BCUT2D eigenvalue weighted by molar-refractivity contribution is -0.159. The second-order valence-corrected chi connectivity index (χ2v) is 8.95. The van der Waals surface area contributed by atoms with E-state index in [-0.39, 0.29) is 40.7 Å². The molecule has 0 aliphatic carbocycles. The minimum atomic E-state index is -2.34. The number of ether oxygens (including phenoxy) is 6.